The van der Waals surface area contributed by atoms with Crippen molar-refractivity contribution in [1.82, 2.24) is 20.0 Å². The molecule has 2 aromatic carbocycles. The Morgan fingerprint density at radius 3 is 2.73 bits per heavy atom. The Kier molecular flexibility index (Phi) is 5.10. The van der Waals surface area contributed by atoms with Crippen LogP contribution >= 0.6 is 0 Å². The fraction of sp³-hybridized carbons (Fsp3) is 0.348. The molecule has 0 aliphatic carbocycles. The molecule has 1 aromatic heterocycles. The van der Waals surface area contributed by atoms with Crippen molar-refractivity contribution in [3.63, 3.8) is 0 Å². The molecule has 0 saturated carbocycles. The first-order valence-corrected chi connectivity index (χ1v) is 10.3. The zero-order valence-electron chi connectivity index (χ0n) is 16.6. The van der Waals surface area contributed by atoms with E-state index in [4.69, 9.17) is 5.73 Å². The summed E-state index contributed by atoms with van der Waals surface area (Å²) in [7, 11) is 0. The summed E-state index contributed by atoms with van der Waals surface area (Å²) in [6, 6.07) is 13.3. The van der Waals surface area contributed by atoms with E-state index in [0.29, 0.717) is 12.1 Å². The lowest BCUT2D eigenvalue weighted by atomic mass is 9.87. The van der Waals surface area contributed by atoms with Gasteiger partial charge in [-0.1, -0.05) is 30.3 Å². The molecule has 3 aromatic rings. The van der Waals surface area contributed by atoms with Gasteiger partial charge in [0.15, 0.2) is 0 Å². The minimum absolute atomic E-state index is 0.234. The number of nitrogens with zero attached hydrogens (tertiary/aromatic N) is 3. The molecule has 0 radical (unpaired) electrons. The third-order valence-corrected chi connectivity index (χ3v) is 6.35. The van der Waals surface area contributed by atoms with Crippen molar-refractivity contribution in [3.8, 4) is 0 Å². The molecule has 0 bridgehead atoms. The van der Waals surface area contributed by atoms with Crippen molar-refractivity contribution in [3.05, 3.63) is 88.7 Å². The van der Waals surface area contributed by atoms with Crippen LogP contribution in [0.3, 0.4) is 0 Å². The van der Waals surface area contributed by atoms with Crippen LogP contribution in [-0.4, -0.2) is 38.6 Å². The summed E-state index contributed by atoms with van der Waals surface area (Å²) < 4.78 is 28.7. The minimum atomic E-state index is -0.439. The van der Waals surface area contributed by atoms with Gasteiger partial charge in [-0.15, -0.1) is 0 Å². The van der Waals surface area contributed by atoms with Gasteiger partial charge in [-0.05, 0) is 30.2 Å². The Labute approximate surface area is 174 Å². The second-order valence-corrected chi connectivity index (χ2v) is 8.36. The maximum atomic E-state index is 14.7. The van der Waals surface area contributed by atoms with Crippen LogP contribution in [0.2, 0.25) is 0 Å². The fourth-order valence-electron chi connectivity index (χ4n) is 4.93. The highest BCUT2D eigenvalue weighted by molar-refractivity contribution is 5.27. The molecule has 3 N–H and O–H groups in total. The van der Waals surface area contributed by atoms with Crippen molar-refractivity contribution in [1.29, 1.82) is 0 Å². The van der Waals surface area contributed by atoms with Gasteiger partial charge in [-0.25, -0.2) is 8.78 Å². The lowest BCUT2D eigenvalue weighted by Gasteiger charge is -2.46. The van der Waals surface area contributed by atoms with Gasteiger partial charge in [0.25, 0.3) is 0 Å². The van der Waals surface area contributed by atoms with E-state index in [1.807, 2.05) is 24.4 Å². The van der Waals surface area contributed by atoms with Crippen molar-refractivity contribution < 1.29 is 8.78 Å². The van der Waals surface area contributed by atoms with E-state index in [1.54, 1.807) is 0 Å². The maximum absolute atomic E-state index is 14.7. The van der Waals surface area contributed by atoms with Gasteiger partial charge >= 0.3 is 0 Å². The molecular formula is C23H25F2N5. The van der Waals surface area contributed by atoms with Crippen molar-refractivity contribution >= 4 is 0 Å². The first kappa shape index (κ1) is 19.4. The Morgan fingerprint density at radius 2 is 1.93 bits per heavy atom. The SMILES string of the molecule is NC1CC(N2Cc3cn[nH]c3C2)CN(Cc2ccccc2)[C@@H]1c1cc(F)ccc1F. The number of likely N-dealkylation sites (tertiary alicyclic amines) is 1. The quantitative estimate of drug-likeness (QED) is 0.694. The number of hydrogen-bond acceptors (Lipinski definition) is 4. The number of benzene rings is 2. The molecule has 0 amide bonds. The number of hydrogen-bond donors (Lipinski definition) is 2. The molecular weight excluding hydrogens is 384 g/mol. The van der Waals surface area contributed by atoms with E-state index in [9.17, 15) is 8.78 Å². The third kappa shape index (κ3) is 3.64. The summed E-state index contributed by atoms with van der Waals surface area (Å²) in [6.07, 6.45) is 2.61. The average molecular weight is 409 g/mol. The number of aromatic nitrogens is 2. The van der Waals surface area contributed by atoms with Gasteiger partial charge in [-0.3, -0.25) is 14.9 Å². The Morgan fingerprint density at radius 1 is 1.10 bits per heavy atom. The van der Waals surface area contributed by atoms with E-state index in [-0.39, 0.29) is 18.1 Å². The molecule has 30 heavy (non-hydrogen) atoms. The van der Waals surface area contributed by atoms with Gasteiger partial charge < -0.3 is 5.73 Å². The van der Waals surface area contributed by atoms with Gasteiger partial charge in [0, 0.05) is 49.4 Å². The van der Waals surface area contributed by atoms with Gasteiger partial charge in [0.1, 0.15) is 11.6 Å². The normalized spacial score (nSPS) is 24.8. The van der Waals surface area contributed by atoms with Crippen molar-refractivity contribution in [2.75, 3.05) is 6.54 Å². The smallest absolute Gasteiger partial charge is 0.128 e. The molecule has 3 atom stereocenters. The molecule has 156 valence electrons. The van der Waals surface area contributed by atoms with Crippen LogP contribution in [0.15, 0.2) is 54.7 Å². The molecule has 2 unspecified atom stereocenters. The molecule has 0 spiro atoms. The van der Waals surface area contributed by atoms with Gasteiger partial charge in [0.05, 0.1) is 17.9 Å². The van der Waals surface area contributed by atoms with E-state index in [2.05, 4.69) is 32.1 Å². The summed E-state index contributed by atoms with van der Waals surface area (Å²) in [6.45, 7) is 3.01. The topological polar surface area (TPSA) is 61.2 Å². The molecule has 5 nitrogen and oxygen atoms in total. The summed E-state index contributed by atoms with van der Waals surface area (Å²) in [4.78, 5) is 4.61. The Balaban J connectivity index is 1.44. The third-order valence-electron chi connectivity index (χ3n) is 6.35. The van der Waals surface area contributed by atoms with Crippen LogP contribution in [-0.2, 0) is 19.6 Å². The first-order chi connectivity index (χ1) is 14.6. The number of aromatic amines is 1. The largest absolute Gasteiger partial charge is 0.326 e. The number of rotatable bonds is 4. The lowest BCUT2D eigenvalue weighted by molar-refractivity contribution is 0.0362. The highest BCUT2D eigenvalue weighted by Gasteiger charge is 2.40. The molecule has 7 heteroatoms. The zero-order valence-corrected chi connectivity index (χ0v) is 16.6. The fourth-order valence-corrected chi connectivity index (χ4v) is 4.93. The molecule has 3 heterocycles. The molecule has 1 fully saturated rings. The molecule has 2 aliphatic heterocycles. The predicted octanol–water partition coefficient (Wildman–Crippen LogP) is 3.35. The maximum Gasteiger partial charge on any atom is 0.128 e. The summed E-state index contributed by atoms with van der Waals surface area (Å²) >= 11 is 0. The van der Waals surface area contributed by atoms with E-state index < -0.39 is 11.6 Å². The van der Waals surface area contributed by atoms with Crippen molar-refractivity contribution in [2.45, 2.75) is 44.2 Å². The predicted molar refractivity (Wildman–Crippen MR) is 110 cm³/mol. The number of nitrogens with one attached hydrogen (secondary N) is 1. The number of H-pyrrole nitrogens is 1. The summed E-state index contributed by atoms with van der Waals surface area (Å²) in [5, 5.41) is 7.18. The van der Waals surface area contributed by atoms with Crippen LogP contribution in [0.1, 0.15) is 34.8 Å². The first-order valence-electron chi connectivity index (χ1n) is 10.3. The zero-order chi connectivity index (χ0) is 20.7. The van der Waals surface area contributed by atoms with Crippen LogP contribution in [0.4, 0.5) is 8.78 Å². The molecule has 2 aliphatic rings. The molecule has 1 saturated heterocycles. The van der Waals surface area contributed by atoms with Crippen LogP contribution < -0.4 is 5.73 Å². The molecule has 5 rings (SSSR count). The average Bonchev–Trinajstić information content (AvgIpc) is 3.33. The lowest BCUT2D eigenvalue weighted by Crippen LogP contribution is -2.55. The summed E-state index contributed by atoms with van der Waals surface area (Å²) in [5.74, 6) is -0.846. The standard InChI is InChI=1S/C23H25F2N5/c24-17-6-7-20(25)19(8-17)23-21(26)9-18(29-12-16-10-27-28-22(16)14-29)13-30(23)11-15-4-2-1-3-5-15/h1-8,10,18,21,23H,9,11-14,26H2,(H,27,28)/t18?,21?,23-/m1/s1. The number of halogens is 2. The van der Waals surface area contributed by atoms with Crippen LogP contribution in [0.25, 0.3) is 0 Å². The summed E-state index contributed by atoms with van der Waals surface area (Å²) in [5.41, 5.74) is 10.5. The van der Waals surface area contributed by atoms with Crippen LogP contribution in [0, 0.1) is 11.6 Å². The van der Waals surface area contributed by atoms with E-state index >= 15 is 0 Å². The van der Waals surface area contributed by atoms with E-state index in [0.717, 1.165) is 43.4 Å². The highest BCUT2D eigenvalue weighted by Crippen LogP contribution is 2.36. The van der Waals surface area contributed by atoms with Crippen LogP contribution in [0.5, 0.6) is 0 Å². The number of nitrogens with two attached hydrogens (primary N) is 1. The van der Waals surface area contributed by atoms with Gasteiger partial charge in [-0.2, -0.15) is 5.10 Å². The monoisotopic (exact) mass is 409 g/mol. The Hall–Kier alpha value is -2.61. The van der Waals surface area contributed by atoms with Gasteiger partial charge in [0.2, 0.25) is 0 Å². The minimum Gasteiger partial charge on any atom is -0.326 e. The number of piperidine rings is 1. The second-order valence-electron chi connectivity index (χ2n) is 8.36. The second kappa shape index (κ2) is 7.91. The Bertz CT molecular complexity index is 1000. The van der Waals surface area contributed by atoms with Crippen molar-refractivity contribution in [2.24, 2.45) is 5.73 Å². The van der Waals surface area contributed by atoms with E-state index in [1.165, 1.54) is 17.7 Å². The number of fused-ring (bicyclic) bond motifs is 1. The highest BCUT2D eigenvalue weighted by atomic mass is 19.1.